The second-order valence-corrected chi connectivity index (χ2v) is 3.15. The predicted octanol–water partition coefficient (Wildman–Crippen LogP) is 2.72. The highest BCUT2D eigenvalue weighted by Gasteiger charge is 2.01. The van der Waals surface area contributed by atoms with Gasteiger partial charge in [0.15, 0.2) is 0 Å². The Bertz CT molecular complexity index is 328. The molecule has 1 N–H and O–H groups in total. The molecular weight excluding hydrogens is 179 g/mol. The van der Waals surface area contributed by atoms with Crippen LogP contribution in [0.25, 0.3) is 0 Å². The van der Waals surface area contributed by atoms with Gasteiger partial charge in [0.1, 0.15) is 6.07 Å². The zero-order valence-corrected chi connectivity index (χ0v) is 8.13. The predicted molar refractivity (Wildman–Crippen MR) is 54.8 cm³/mol. The third kappa shape index (κ3) is 3.06. The highest BCUT2D eigenvalue weighted by Crippen LogP contribution is 2.13. The van der Waals surface area contributed by atoms with E-state index >= 15 is 0 Å². The van der Waals surface area contributed by atoms with Gasteiger partial charge in [0.25, 0.3) is 0 Å². The number of nitriles is 1. The molecule has 0 saturated heterocycles. The van der Waals surface area contributed by atoms with E-state index in [0.717, 1.165) is 5.69 Å². The van der Waals surface area contributed by atoms with E-state index in [1.807, 2.05) is 18.2 Å². The summed E-state index contributed by atoms with van der Waals surface area (Å²) in [6, 6.07) is 9.29. The minimum absolute atomic E-state index is 0.458. The summed E-state index contributed by atoms with van der Waals surface area (Å²) in [5, 5.41) is 11.8. The lowest BCUT2D eigenvalue weighted by atomic mass is 10.2. The number of alkyl halides is 1. The van der Waals surface area contributed by atoms with Crippen molar-refractivity contribution >= 4 is 5.69 Å². The molecule has 0 spiro atoms. The van der Waals surface area contributed by atoms with Crippen molar-refractivity contribution in [2.75, 3.05) is 11.9 Å². The first-order valence-corrected chi connectivity index (χ1v) is 4.61. The van der Waals surface area contributed by atoms with Crippen molar-refractivity contribution in [3.8, 4) is 6.07 Å². The molecule has 1 aromatic carbocycles. The van der Waals surface area contributed by atoms with Crippen molar-refractivity contribution in [3.05, 3.63) is 29.8 Å². The van der Waals surface area contributed by atoms with Crippen molar-refractivity contribution in [2.45, 2.75) is 19.5 Å². The average molecular weight is 192 g/mol. The van der Waals surface area contributed by atoms with Gasteiger partial charge < -0.3 is 5.32 Å². The average Bonchev–Trinajstić information content (AvgIpc) is 2.18. The third-order valence-electron chi connectivity index (χ3n) is 1.91. The van der Waals surface area contributed by atoms with Gasteiger partial charge in [0.2, 0.25) is 0 Å². The summed E-state index contributed by atoms with van der Waals surface area (Å²) in [5.41, 5.74) is 1.37. The molecule has 0 heterocycles. The summed E-state index contributed by atoms with van der Waals surface area (Å²) in [5.74, 6) is 0. The van der Waals surface area contributed by atoms with Crippen LogP contribution in [0.3, 0.4) is 0 Å². The fourth-order valence-corrected chi connectivity index (χ4v) is 1.14. The van der Waals surface area contributed by atoms with E-state index in [0.29, 0.717) is 18.5 Å². The van der Waals surface area contributed by atoms with Crippen LogP contribution in [0.2, 0.25) is 0 Å². The molecule has 1 aromatic rings. The second kappa shape index (κ2) is 5.23. The van der Waals surface area contributed by atoms with Crippen LogP contribution in [-0.4, -0.2) is 12.7 Å². The van der Waals surface area contributed by atoms with Gasteiger partial charge in [-0.05, 0) is 25.5 Å². The van der Waals surface area contributed by atoms with E-state index in [2.05, 4.69) is 11.4 Å². The minimum Gasteiger partial charge on any atom is -0.384 e. The number of hydrogen-bond donors (Lipinski definition) is 1. The van der Waals surface area contributed by atoms with Gasteiger partial charge in [0.05, 0.1) is 17.4 Å². The number of halogens is 1. The van der Waals surface area contributed by atoms with Crippen molar-refractivity contribution in [1.29, 1.82) is 5.26 Å². The molecule has 1 rings (SSSR count). The Kier molecular flexibility index (Phi) is 3.93. The maximum absolute atomic E-state index is 12.5. The largest absolute Gasteiger partial charge is 0.384 e. The number of anilines is 1. The second-order valence-electron chi connectivity index (χ2n) is 3.15. The lowest BCUT2D eigenvalue weighted by Gasteiger charge is -2.07. The first-order valence-electron chi connectivity index (χ1n) is 4.61. The molecule has 1 atom stereocenters. The summed E-state index contributed by atoms with van der Waals surface area (Å²) in [7, 11) is 0. The maximum Gasteiger partial charge on any atom is 0.101 e. The van der Waals surface area contributed by atoms with Gasteiger partial charge >= 0.3 is 0 Å². The van der Waals surface area contributed by atoms with E-state index in [-0.39, 0.29) is 0 Å². The lowest BCUT2D eigenvalue weighted by molar-refractivity contribution is 0.348. The summed E-state index contributed by atoms with van der Waals surface area (Å²) >= 11 is 0. The monoisotopic (exact) mass is 192 g/mol. The summed E-state index contributed by atoms with van der Waals surface area (Å²) in [6.07, 6.45) is -0.350. The van der Waals surface area contributed by atoms with Crippen molar-refractivity contribution in [1.82, 2.24) is 0 Å². The van der Waals surface area contributed by atoms with Crippen LogP contribution in [0.4, 0.5) is 10.1 Å². The van der Waals surface area contributed by atoms with Crippen LogP contribution in [0.5, 0.6) is 0 Å². The smallest absolute Gasteiger partial charge is 0.101 e. The molecule has 2 nitrogen and oxygen atoms in total. The molecule has 0 aromatic heterocycles. The summed E-state index contributed by atoms with van der Waals surface area (Å²) in [6.45, 7) is 2.08. The standard InChI is InChI=1S/C11H13FN2/c1-9(12)6-7-14-11-5-3-2-4-10(11)8-13/h2-5,9,14H,6-7H2,1H3. The molecule has 1 unspecified atom stereocenters. The fourth-order valence-electron chi connectivity index (χ4n) is 1.14. The van der Waals surface area contributed by atoms with E-state index in [1.165, 1.54) is 6.92 Å². The molecule has 0 amide bonds. The SMILES string of the molecule is CC(F)CCNc1ccccc1C#N. The lowest BCUT2D eigenvalue weighted by Crippen LogP contribution is -2.07. The number of benzene rings is 1. The maximum atomic E-state index is 12.5. The van der Waals surface area contributed by atoms with Gasteiger partial charge in [-0.3, -0.25) is 0 Å². The zero-order chi connectivity index (χ0) is 10.4. The molecule has 0 aliphatic heterocycles. The normalized spacial score (nSPS) is 11.8. The van der Waals surface area contributed by atoms with E-state index in [4.69, 9.17) is 5.26 Å². The Morgan fingerprint density at radius 1 is 1.50 bits per heavy atom. The van der Waals surface area contributed by atoms with Crippen molar-refractivity contribution in [3.63, 3.8) is 0 Å². The van der Waals surface area contributed by atoms with Gasteiger partial charge in [-0.25, -0.2) is 4.39 Å². The van der Waals surface area contributed by atoms with Crippen LogP contribution in [0.15, 0.2) is 24.3 Å². The molecular formula is C11H13FN2. The highest BCUT2D eigenvalue weighted by atomic mass is 19.1. The summed E-state index contributed by atoms with van der Waals surface area (Å²) in [4.78, 5) is 0. The topological polar surface area (TPSA) is 35.8 Å². The van der Waals surface area contributed by atoms with Gasteiger partial charge in [-0.15, -0.1) is 0 Å². The first kappa shape index (κ1) is 10.5. The van der Waals surface area contributed by atoms with Crippen LogP contribution in [0.1, 0.15) is 18.9 Å². The van der Waals surface area contributed by atoms with Gasteiger partial charge in [-0.2, -0.15) is 5.26 Å². The van der Waals surface area contributed by atoms with Crippen LogP contribution < -0.4 is 5.32 Å². The minimum atomic E-state index is -0.809. The molecule has 0 fully saturated rings. The van der Waals surface area contributed by atoms with E-state index in [9.17, 15) is 4.39 Å². The number of rotatable bonds is 4. The first-order chi connectivity index (χ1) is 6.74. The Labute approximate surface area is 83.4 Å². The number of nitrogens with zero attached hydrogens (tertiary/aromatic N) is 1. The molecule has 74 valence electrons. The number of para-hydroxylation sites is 1. The van der Waals surface area contributed by atoms with Gasteiger partial charge in [-0.1, -0.05) is 12.1 Å². The third-order valence-corrected chi connectivity index (χ3v) is 1.91. The molecule has 0 aliphatic carbocycles. The zero-order valence-electron chi connectivity index (χ0n) is 8.13. The summed E-state index contributed by atoms with van der Waals surface area (Å²) < 4.78 is 12.5. The molecule has 0 bridgehead atoms. The molecule has 0 radical (unpaired) electrons. The Morgan fingerprint density at radius 3 is 2.86 bits per heavy atom. The van der Waals surface area contributed by atoms with Crippen LogP contribution >= 0.6 is 0 Å². The highest BCUT2D eigenvalue weighted by molar-refractivity contribution is 5.56. The fraction of sp³-hybridized carbons (Fsp3) is 0.364. The Balaban J connectivity index is 2.54. The molecule has 14 heavy (non-hydrogen) atoms. The van der Waals surface area contributed by atoms with Crippen molar-refractivity contribution < 1.29 is 4.39 Å². The molecule has 3 heteroatoms. The van der Waals surface area contributed by atoms with Crippen LogP contribution in [0, 0.1) is 11.3 Å². The van der Waals surface area contributed by atoms with Crippen molar-refractivity contribution in [2.24, 2.45) is 0 Å². The van der Waals surface area contributed by atoms with Crippen LogP contribution in [-0.2, 0) is 0 Å². The van der Waals surface area contributed by atoms with E-state index in [1.54, 1.807) is 6.07 Å². The van der Waals surface area contributed by atoms with Gasteiger partial charge in [0, 0.05) is 6.54 Å². The Morgan fingerprint density at radius 2 is 2.21 bits per heavy atom. The molecule has 0 aliphatic rings. The van der Waals surface area contributed by atoms with E-state index < -0.39 is 6.17 Å². The number of hydrogen-bond acceptors (Lipinski definition) is 2. The Hall–Kier alpha value is -1.56. The quantitative estimate of drug-likeness (QED) is 0.796. The molecule has 0 saturated carbocycles. The number of nitrogens with one attached hydrogen (secondary N) is 1.